The molecule has 1 nitrogen and oxygen atoms in total. The lowest BCUT2D eigenvalue weighted by molar-refractivity contribution is 0.0527. The molecule has 2 rings (SSSR count). The van der Waals surface area contributed by atoms with Crippen molar-refractivity contribution in [2.24, 2.45) is 17.8 Å². The van der Waals surface area contributed by atoms with Gasteiger partial charge in [0.05, 0.1) is 6.10 Å². The Morgan fingerprint density at radius 1 is 0.944 bits per heavy atom. The third kappa shape index (κ3) is 4.26. The van der Waals surface area contributed by atoms with Crippen LogP contribution in [0.25, 0.3) is 0 Å². The standard InChI is InChI=1S/C17H32O/c1-2-3-6-14-9-11-16(12-10-14)17(18)13-15-7-4-5-8-15/h14-18H,2-13H2,1H3. The van der Waals surface area contributed by atoms with E-state index in [1.807, 2.05) is 0 Å². The van der Waals surface area contributed by atoms with Crippen molar-refractivity contribution >= 4 is 0 Å². The highest BCUT2D eigenvalue weighted by molar-refractivity contribution is 4.80. The van der Waals surface area contributed by atoms with Gasteiger partial charge in [-0.1, -0.05) is 64.7 Å². The van der Waals surface area contributed by atoms with Crippen molar-refractivity contribution in [3.05, 3.63) is 0 Å². The SMILES string of the molecule is CCCCC1CCC(C(O)CC2CCCC2)CC1. The van der Waals surface area contributed by atoms with E-state index >= 15 is 0 Å². The van der Waals surface area contributed by atoms with Crippen LogP contribution in [-0.4, -0.2) is 11.2 Å². The van der Waals surface area contributed by atoms with E-state index in [0.29, 0.717) is 5.92 Å². The zero-order valence-corrected chi connectivity index (χ0v) is 12.2. The van der Waals surface area contributed by atoms with Crippen molar-refractivity contribution in [3.63, 3.8) is 0 Å². The van der Waals surface area contributed by atoms with Gasteiger partial charge in [-0.3, -0.25) is 0 Å². The molecule has 2 aliphatic carbocycles. The van der Waals surface area contributed by atoms with Gasteiger partial charge in [0.2, 0.25) is 0 Å². The molecule has 0 aromatic rings. The quantitative estimate of drug-likeness (QED) is 0.711. The first-order valence-electron chi connectivity index (χ1n) is 8.47. The van der Waals surface area contributed by atoms with Crippen LogP contribution in [0, 0.1) is 17.8 Å². The minimum Gasteiger partial charge on any atom is -0.393 e. The molecule has 0 aromatic heterocycles. The maximum Gasteiger partial charge on any atom is 0.0571 e. The minimum absolute atomic E-state index is 0.0141. The molecule has 1 heteroatoms. The lowest BCUT2D eigenvalue weighted by Crippen LogP contribution is -2.27. The maximum absolute atomic E-state index is 10.4. The summed E-state index contributed by atoms with van der Waals surface area (Å²) in [6, 6.07) is 0. The van der Waals surface area contributed by atoms with Gasteiger partial charge in [-0.05, 0) is 37.0 Å². The summed E-state index contributed by atoms with van der Waals surface area (Å²) < 4.78 is 0. The van der Waals surface area contributed by atoms with Gasteiger partial charge in [-0.15, -0.1) is 0 Å². The zero-order chi connectivity index (χ0) is 12.8. The summed E-state index contributed by atoms with van der Waals surface area (Å²) in [5.74, 6) is 2.45. The van der Waals surface area contributed by atoms with Crippen LogP contribution < -0.4 is 0 Å². The largest absolute Gasteiger partial charge is 0.393 e. The van der Waals surface area contributed by atoms with Crippen molar-refractivity contribution in [1.82, 2.24) is 0 Å². The average molecular weight is 252 g/mol. The Balaban J connectivity index is 1.65. The molecule has 0 amide bonds. The molecule has 0 heterocycles. The molecular formula is C17H32O. The highest BCUT2D eigenvalue weighted by atomic mass is 16.3. The van der Waals surface area contributed by atoms with Crippen molar-refractivity contribution in [3.8, 4) is 0 Å². The molecule has 0 aliphatic heterocycles. The van der Waals surface area contributed by atoms with E-state index in [1.54, 1.807) is 0 Å². The Morgan fingerprint density at radius 3 is 2.22 bits per heavy atom. The maximum atomic E-state index is 10.4. The predicted molar refractivity (Wildman–Crippen MR) is 77.6 cm³/mol. The van der Waals surface area contributed by atoms with Crippen molar-refractivity contribution in [1.29, 1.82) is 0 Å². The summed E-state index contributed by atoms with van der Waals surface area (Å²) >= 11 is 0. The van der Waals surface area contributed by atoms with Gasteiger partial charge < -0.3 is 5.11 Å². The van der Waals surface area contributed by atoms with Gasteiger partial charge >= 0.3 is 0 Å². The smallest absolute Gasteiger partial charge is 0.0571 e. The average Bonchev–Trinajstić information content (AvgIpc) is 2.89. The van der Waals surface area contributed by atoms with Gasteiger partial charge in [0.1, 0.15) is 0 Å². The van der Waals surface area contributed by atoms with Gasteiger partial charge in [-0.25, -0.2) is 0 Å². The normalized spacial score (nSPS) is 31.7. The van der Waals surface area contributed by atoms with E-state index < -0.39 is 0 Å². The highest BCUT2D eigenvalue weighted by Gasteiger charge is 2.28. The van der Waals surface area contributed by atoms with Crippen LogP contribution in [0.3, 0.4) is 0 Å². The third-order valence-corrected chi connectivity index (χ3v) is 5.45. The second kappa shape index (κ2) is 7.53. The van der Waals surface area contributed by atoms with Crippen LogP contribution in [0.5, 0.6) is 0 Å². The summed E-state index contributed by atoms with van der Waals surface area (Å²) in [5, 5.41) is 10.4. The van der Waals surface area contributed by atoms with Gasteiger partial charge in [-0.2, -0.15) is 0 Å². The van der Waals surface area contributed by atoms with Crippen LogP contribution in [0.2, 0.25) is 0 Å². The molecule has 18 heavy (non-hydrogen) atoms. The topological polar surface area (TPSA) is 20.2 Å². The van der Waals surface area contributed by atoms with E-state index in [1.165, 1.54) is 70.6 Å². The van der Waals surface area contributed by atoms with Crippen LogP contribution >= 0.6 is 0 Å². The van der Waals surface area contributed by atoms with E-state index in [-0.39, 0.29) is 6.10 Å². The summed E-state index contributed by atoms with van der Waals surface area (Å²) in [7, 11) is 0. The Hall–Kier alpha value is -0.0400. The fourth-order valence-electron chi connectivity index (χ4n) is 4.13. The second-order valence-electron chi connectivity index (χ2n) is 6.88. The Labute approximate surface area is 113 Å². The van der Waals surface area contributed by atoms with Crippen LogP contribution in [0.15, 0.2) is 0 Å². The molecule has 0 saturated heterocycles. The third-order valence-electron chi connectivity index (χ3n) is 5.45. The molecule has 0 aromatic carbocycles. The van der Waals surface area contributed by atoms with Crippen LogP contribution in [0.4, 0.5) is 0 Å². The molecule has 2 aliphatic rings. The van der Waals surface area contributed by atoms with Gasteiger partial charge in [0.25, 0.3) is 0 Å². The van der Waals surface area contributed by atoms with Crippen molar-refractivity contribution in [2.45, 2.75) is 90.1 Å². The minimum atomic E-state index is 0.0141. The van der Waals surface area contributed by atoms with E-state index in [9.17, 15) is 5.11 Å². The fraction of sp³-hybridized carbons (Fsp3) is 1.00. The molecule has 1 N–H and O–H groups in total. The van der Waals surface area contributed by atoms with Crippen molar-refractivity contribution < 1.29 is 5.11 Å². The zero-order valence-electron chi connectivity index (χ0n) is 12.2. The number of hydrogen-bond acceptors (Lipinski definition) is 1. The van der Waals surface area contributed by atoms with E-state index in [0.717, 1.165) is 18.3 Å². The Bertz CT molecular complexity index is 212. The predicted octanol–water partition coefficient (Wildman–Crippen LogP) is 4.92. The summed E-state index contributed by atoms with van der Waals surface area (Å²) in [6.45, 7) is 2.29. The molecule has 1 unspecified atom stereocenters. The second-order valence-corrected chi connectivity index (χ2v) is 6.88. The highest BCUT2D eigenvalue weighted by Crippen LogP contribution is 2.37. The molecule has 0 bridgehead atoms. The molecular weight excluding hydrogens is 220 g/mol. The van der Waals surface area contributed by atoms with Crippen molar-refractivity contribution in [2.75, 3.05) is 0 Å². The number of aliphatic hydroxyl groups excluding tert-OH is 1. The number of unbranched alkanes of at least 4 members (excludes halogenated alkanes) is 1. The monoisotopic (exact) mass is 252 g/mol. The number of rotatable bonds is 6. The van der Waals surface area contributed by atoms with Crippen LogP contribution in [0.1, 0.15) is 84.0 Å². The first kappa shape index (κ1) is 14.4. The molecule has 2 saturated carbocycles. The lowest BCUT2D eigenvalue weighted by atomic mass is 9.76. The number of hydrogen-bond donors (Lipinski definition) is 1. The lowest BCUT2D eigenvalue weighted by Gasteiger charge is -2.32. The Kier molecular flexibility index (Phi) is 6.01. The van der Waals surface area contributed by atoms with E-state index in [4.69, 9.17) is 0 Å². The Morgan fingerprint density at radius 2 is 1.61 bits per heavy atom. The summed E-state index contributed by atoms with van der Waals surface area (Å²) in [4.78, 5) is 0. The van der Waals surface area contributed by atoms with Crippen LogP contribution in [-0.2, 0) is 0 Å². The molecule has 2 fully saturated rings. The van der Waals surface area contributed by atoms with Gasteiger partial charge in [0.15, 0.2) is 0 Å². The molecule has 1 atom stereocenters. The first-order valence-corrected chi connectivity index (χ1v) is 8.47. The molecule has 0 spiro atoms. The van der Waals surface area contributed by atoms with E-state index in [2.05, 4.69) is 6.92 Å². The fourth-order valence-corrected chi connectivity index (χ4v) is 4.13. The summed E-state index contributed by atoms with van der Waals surface area (Å²) in [6.07, 6.45) is 16.2. The molecule has 106 valence electrons. The van der Waals surface area contributed by atoms with Gasteiger partial charge in [0, 0.05) is 0 Å². The number of aliphatic hydroxyl groups is 1. The summed E-state index contributed by atoms with van der Waals surface area (Å²) in [5.41, 5.74) is 0. The first-order chi connectivity index (χ1) is 8.79. The molecule has 0 radical (unpaired) electrons.